The number of ketones is 1. The molecule has 0 unspecified atom stereocenters. The van der Waals surface area contributed by atoms with Gasteiger partial charge in [0, 0.05) is 11.1 Å². The summed E-state index contributed by atoms with van der Waals surface area (Å²) in [6, 6.07) is 10.1. The van der Waals surface area contributed by atoms with Crippen LogP contribution < -0.4 is 0 Å². The summed E-state index contributed by atoms with van der Waals surface area (Å²) in [4.78, 5) is 21.2. The van der Waals surface area contributed by atoms with Gasteiger partial charge < -0.3 is 0 Å². The van der Waals surface area contributed by atoms with Crippen LogP contribution in [0.1, 0.15) is 34.2 Å². The molecule has 114 valence electrons. The number of benzene rings is 1. The van der Waals surface area contributed by atoms with Gasteiger partial charge >= 0.3 is 0 Å². The van der Waals surface area contributed by atoms with E-state index >= 15 is 0 Å². The third-order valence-corrected chi connectivity index (χ3v) is 3.77. The first-order valence-corrected chi connectivity index (χ1v) is 7.01. The van der Waals surface area contributed by atoms with Crippen LogP contribution in [-0.4, -0.2) is 15.8 Å². The highest BCUT2D eigenvalue weighted by Crippen LogP contribution is 2.37. The second kappa shape index (κ2) is 5.70. The van der Waals surface area contributed by atoms with E-state index in [1.807, 2.05) is 12.1 Å². The van der Waals surface area contributed by atoms with Gasteiger partial charge in [0.05, 0.1) is 22.2 Å². The number of carbonyl (C=O) groups is 1. The van der Waals surface area contributed by atoms with Crippen molar-refractivity contribution < 1.29 is 4.79 Å². The molecule has 1 aromatic carbocycles. The molecule has 3 rings (SSSR count). The monoisotopic (exact) mass is 322 g/mol. The number of aromatic nitrogens is 2. The van der Waals surface area contributed by atoms with Gasteiger partial charge in [-0.25, -0.2) is 9.97 Å². The molecule has 0 atom stereocenters. The molecule has 0 bridgehead atoms. The minimum atomic E-state index is -0.437. The number of Topliss-reactive ketones (excluding diaryl/α,β-unsaturated/α-hetero) is 1. The number of rotatable bonds is 0. The molecule has 0 aliphatic heterocycles. The summed E-state index contributed by atoms with van der Waals surface area (Å²) < 4.78 is 0. The van der Waals surface area contributed by atoms with E-state index in [0.29, 0.717) is 5.52 Å². The summed E-state index contributed by atoms with van der Waals surface area (Å²) in [5, 5.41) is 36.6. The third-order valence-electron chi connectivity index (χ3n) is 3.77. The lowest BCUT2D eigenvalue weighted by atomic mass is 10.0. The molecule has 0 N–H and O–H groups in total. The van der Waals surface area contributed by atoms with E-state index in [4.69, 9.17) is 10.5 Å². The second-order valence-electron chi connectivity index (χ2n) is 5.04. The van der Waals surface area contributed by atoms with Crippen LogP contribution in [0.15, 0.2) is 29.4 Å². The van der Waals surface area contributed by atoms with Crippen molar-refractivity contribution in [2.75, 3.05) is 0 Å². The molecule has 1 aliphatic rings. The van der Waals surface area contributed by atoms with Crippen molar-refractivity contribution in [3.05, 3.63) is 51.9 Å². The Morgan fingerprint density at radius 2 is 1.48 bits per heavy atom. The smallest absolute Gasteiger partial charge is 0.214 e. The molecule has 7 heteroatoms. The Balaban J connectivity index is 2.46. The quantitative estimate of drug-likeness (QED) is 0.535. The zero-order chi connectivity index (χ0) is 18.1. The topological polar surface area (TPSA) is 138 Å². The minimum absolute atomic E-state index is 0.0206. The molecule has 0 saturated heterocycles. The summed E-state index contributed by atoms with van der Waals surface area (Å²) in [5.74, 6) is -0.437. The van der Waals surface area contributed by atoms with Crippen LogP contribution in [0.25, 0.3) is 16.6 Å². The third kappa shape index (κ3) is 2.13. The predicted molar refractivity (Wildman–Crippen MR) is 85.2 cm³/mol. The molecule has 1 aromatic heterocycles. The first-order valence-electron chi connectivity index (χ1n) is 7.01. The summed E-state index contributed by atoms with van der Waals surface area (Å²) >= 11 is 0. The zero-order valence-electron chi connectivity index (χ0n) is 12.8. The van der Waals surface area contributed by atoms with Gasteiger partial charge in [0.25, 0.3) is 0 Å². The van der Waals surface area contributed by atoms with Gasteiger partial charge in [-0.3, -0.25) is 4.79 Å². The van der Waals surface area contributed by atoms with Gasteiger partial charge in [-0.1, -0.05) is 6.08 Å². The molecule has 0 radical (unpaired) electrons. The van der Waals surface area contributed by atoms with Gasteiger partial charge in [0.1, 0.15) is 41.2 Å². The van der Waals surface area contributed by atoms with Gasteiger partial charge in [-0.05, 0) is 19.1 Å². The molecular weight excluding hydrogens is 316 g/mol. The Hall–Kier alpha value is -4.33. The Morgan fingerprint density at radius 1 is 0.960 bits per heavy atom. The van der Waals surface area contributed by atoms with Crippen molar-refractivity contribution in [2.45, 2.75) is 6.92 Å². The summed E-state index contributed by atoms with van der Waals surface area (Å²) in [6.07, 6.45) is 1.50. The maximum absolute atomic E-state index is 12.6. The standard InChI is InChI=1S/C18H6N6O/c1-2-12-15(11(7-21)8-22)16-17(18(12)25)24-14-4-10(6-20)9(5-19)3-13(14)23-16/h2-4H,1H3/b12-2-. The first kappa shape index (κ1) is 15.6. The molecule has 0 spiro atoms. The average molecular weight is 322 g/mol. The van der Waals surface area contributed by atoms with Gasteiger partial charge in [-0.2, -0.15) is 21.0 Å². The Bertz CT molecular complexity index is 1190. The fraction of sp³-hybridized carbons (Fsp3) is 0.0556. The average Bonchev–Trinajstić information content (AvgIpc) is 2.91. The van der Waals surface area contributed by atoms with E-state index in [-0.39, 0.29) is 44.8 Å². The van der Waals surface area contributed by atoms with E-state index in [2.05, 4.69) is 9.97 Å². The van der Waals surface area contributed by atoms with E-state index < -0.39 is 5.78 Å². The lowest BCUT2D eigenvalue weighted by Crippen LogP contribution is -2.01. The van der Waals surface area contributed by atoms with Crippen molar-refractivity contribution in [2.24, 2.45) is 0 Å². The molecule has 2 aromatic rings. The van der Waals surface area contributed by atoms with Gasteiger partial charge in [0.2, 0.25) is 5.78 Å². The largest absolute Gasteiger partial charge is 0.287 e. The summed E-state index contributed by atoms with van der Waals surface area (Å²) in [7, 11) is 0. The summed E-state index contributed by atoms with van der Waals surface area (Å²) in [5.41, 5.74) is 1.10. The minimum Gasteiger partial charge on any atom is -0.287 e. The molecule has 0 saturated carbocycles. The van der Waals surface area contributed by atoms with Crippen LogP contribution in [0.2, 0.25) is 0 Å². The number of nitriles is 4. The van der Waals surface area contributed by atoms with Crippen molar-refractivity contribution in [3.8, 4) is 24.3 Å². The first-order chi connectivity index (χ1) is 12.1. The highest BCUT2D eigenvalue weighted by Gasteiger charge is 2.35. The molecule has 0 amide bonds. The molecule has 0 fully saturated rings. The Labute approximate surface area is 142 Å². The lowest BCUT2D eigenvalue weighted by molar-refractivity contribution is 0.103. The van der Waals surface area contributed by atoms with Gasteiger partial charge in [0.15, 0.2) is 0 Å². The number of hydrogen-bond acceptors (Lipinski definition) is 7. The second-order valence-corrected chi connectivity index (χ2v) is 5.04. The molecule has 1 heterocycles. The summed E-state index contributed by atoms with van der Waals surface area (Å²) in [6.45, 7) is 1.62. The van der Waals surface area contributed by atoms with Crippen LogP contribution in [-0.2, 0) is 0 Å². The fourth-order valence-electron chi connectivity index (χ4n) is 2.65. The molecule has 25 heavy (non-hydrogen) atoms. The van der Waals surface area contributed by atoms with Gasteiger partial charge in [-0.15, -0.1) is 0 Å². The van der Waals surface area contributed by atoms with Crippen molar-refractivity contribution in [3.63, 3.8) is 0 Å². The highest BCUT2D eigenvalue weighted by atomic mass is 16.1. The maximum atomic E-state index is 12.6. The van der Waals surface area contributed by atoms with E-state index in [0.717, 1.165) is 0 Å². The van der Waals surface area contributed by atoms with E-state index in [1.165, 1.54) is 18.2 Å². The van der Waals surface area contributed by atoms with Crippen LogP contribution in [0.5, 0.6) is 0 Å². The van der Waals surface area contributed by atoms with Crippen molar-refractivity contribution >= 4 is 22.4 Å². The van der Waals surface area contributed by atoms with Crippen LogP contribution in [0.3, 0.4) is 0 Å². The lowest BCUT2D eigenvalue weighted by Gasteiger charge is -2.03. The van der Waals surface area contributed by atoms with E-state index in [1.54, 1.807) is 19.1 Å². The fourth-order valence-corrected chi connectivity index (χ4v) is 2.65. The zero-order valence-corrected chi connectivity index (χ0v) is 12.8. The number of hydrogen-bond donors (Lipinski definition) is 0. The predicted octanol–water partition coefficient (Wildman–Crippen LogP) is 2.32. The molecule has 1 aliphatic carbocycles. The number of nitrogens with zero attached hydrogens (tertiary/aromatic N) is 6. The normalized spacial score (nSPS) is 13.7. The Morgan fingerprint density at radius 3 is 1.92 bits per heavy atom. The number of fused-ring (bicyclic) bond motifs is 2. The highest BCUT2D eigenvalue weighted by molar-refractivity contribution is 6.26. The molecular formula is C18H6N6O. The van der Waals surface area contributed by atoms with Crippen LogP contribution >= 0.6 is 0 Å². The Kier molecular flexibility index (Phi) is 3.55. The maximum Gasteiger partial charge on any atom is 0.214 e. The SMILES string of the molecule is C/C=C1\C(=O)c2nc3cc(C#N)c(C#N)cc3nc2C1=C(C#N)C#N. The van der Waals surface area contributed by atoms with Crippen molar-refractivity contribution in [1.29, 1.82) is 21.0 Å². The molecule has 7 nitrogen and oxygen atoms in total. The van der Waals surface area contributed by atoms with E-state index in [9.17, 15) is 15.3 Å². The van der Waals surface area contributed by atoms with Crippen LogP contribution in [0, 0.1) is 45.3 Å². The van der Waals surface area contributed by atoms with Crippen LogP contribution in [0.4, 0.5) is 0 Å². The number of carbonyl (C=O) groups excluding carboxylic acids is 1. The van der Waals surface area contributed by atoms with Crippen molar-refractivity contribution in [1.82, 2.24) is 9.97 Å². The number of allylic oxidation sites excluding steroid dienone is 4.